The number of carbonyl (C=O) groups excluding carboxylic acids is 2. The van der Waals surface area contributed by atoms with Crippen LogP contribution in [-0.4, -0.2) is 23.0 Å². The molecule has 0 saturated heterocycles. The van der Waals surface area contributed by atoms with E-state index in [-0.39, 0.29) is 22.6 Å². The van der Waals surface area contributed by atoms with Crippen molar-refractivity contribution in [3.05, 3.63) is 105 Å². The molecule has 0 aliphatic rings. The van der Waals surface area contributed by atoms with Crippen molar-refractivity contribution in [1.82, 2.24) is 5.43 Å². The topological polar surface area (TPSA) is 111 Å². The average Bonchev–Trinajstić information content (AvgIpc) is 2.75. The van der Waals surface area contributed by atoms with E-state index in [2.05, 4.69) is 10.5 Å². The molecule has 0 aliphatic carbocycles. The molecule has 0 unspecified atom stereocenters. The van der Waals surface area contributed by atoms with Crippen LogP contribution in [-0.2, 0) is 0 Å². The van der Waals surface area contributed by atoms with Crippen LogP contribution in [0.5, 0.6) is 5.75 Å². The van der Waals surface area contributed by atoms with Gasteiger partial charge >= 0.3 is 5.97 Å². The number of nitrogens with zero attached hydrogens (tertiary/aromatic N) is 2. The van der Waals surface area contributed by atoms with Crippen molar-refractivity contribution >= 4 is 23.8 Å². The number of hydrogen-bond acceptors (Lipinski definition) is 6. The van der Waals surface area contributed by atoms with Crippen molar-refractivity contribution in [1.29, 1.82) is 0 Å². The monoisotopic (exact) mass is 407 g/mol. The smallest absolute Gasteiger partial charge is 0.343 e. The summed E-state index contributed by atoms with van der Waals surface area (Å²) in [5, 5.41) is 14.5. The Morgan fingerprint density at radius 1 is 0.933 bits per heavy atom. The zero-order valence-corrected chi connectivity index (χ0v) is 15.3. The first-order valence-electron chi connectivity index (χ1n) is 8.58. The summed E-state index contributed by atoms with van der Waals surface area (Å²) in [5.41, 5.74) is 3.27. The second kappa shape index (κ2) is 9.20. The van der Waals surface area contributed by atoms with Gasteiger partial charge in [-0.1, -0.05) is 0 Å². The molecule has 30 heavy (non-hydrogen) atoms. The van der Waals surface area contributed by atoms with Gasteiger partial charge in [0, 0.05) is 17.7 Å². The van der Waals surface area contributed by atoms with Gasteiger partial charge in [0.15, 0.2) is 0 Å². The summed E-state index contributed by atoms with van der Waals surface area (Å²) in [6, 6.07) is 16.4. The van der Waals surface area contributed by atoms with Crippen LogP contribution in [0.4, 0.5) is 10.1 Å². The van der Waals surface area contributed by atoms with E-state index in [0.717, 1.165) is 0 Å². The number of carbonyl (C=O) groups is 2. The summed E-state index contributed by atoms with van der Waals surface area (Å²) >= 11 is 0. The van der Waals surface area contributed by atoms with Gasteiger partial charge in [-0.25, -0.2) is 14.6 Å². The van der Waals surface area contributed by atoms with E-state index >= 15 is 0 Å². The standard InChI is InChI=1S/C21H14FN3O5/c22-17-7-3-15(4-8-17)20(26)24-23-13-14-1-11-19(12-2-14)30-21(27)16-5-9-18(10-6-16)25(28)29/h1-13H,(H,24,26). The molecule has 0 atom stereocenters. The Balaban J connectivity index is 1.55. The van der Waals surface area contributed by atoms with Crippen LogP contribution in [0.2, 0.25) is 0 Å². The van der Waals surface area contributed by atoms with Gasteiger partial charge < -0.3 is 4.74 Å². The number of ether oxygens (including phenoxy) is 1. The molecule has 3 aromatic rings. The van der Waals surface area contributed by atoms with Crippen molar-refractivity contribution in [2.24, 2.45) is 5.10 Å². The lowest BCUT2D eigenvalue weighted by molar-refractivity contribution is -0.384. The van der Waals surface area contributed by atoms with Crippen molar-refractivity contribution in [3.63, 3.8) is 0 Å². The number of esters is 1. The summed E-state index contributed by atoms with van der Waals surface area (Å²) < 4.78 is 18.1. The van der Waals surface area contributed by atoms with Crippen LogP contribution in [0.1, 0.15) is 26.3 Å². The number of nitro benzene ring substituents is 1. The maximum atomic E-state index is 12.9. The van der Waals surface area contributed by atoms with Gasteiger partial charge in [0.25, 0.3) is 11.6 Å². The number of benzene rings is 3. The van der Waals surface area contributed by atoms with Crippen LogP contribution in [0.15, 0.2) is 77.9 Å². The van der Waals surface area contributed by atoms with Crippen molar-refractivity contribution in [2.45, 2.75) is 0 Å². The molecule has 0 radical (unpaired) electrons. The van der Waals surface area contributed by atoms with Crippen molar-refractivity contribution in [2.75, 3.05) is 0 Å². The molecule has 3 rings (SSSR count). The third-order valence-corrected chi connectivity index (χ3v) is 3.89. The summed E-state index contributed by atoms with van der Waals surface area (Å²) in [6.45, 7) is 0. The fraction of sp³-hybridized carbons (Fsp3) is 0. The largest absolute Gasteiger partial charge is 0.423 e. The van der Waals surface area contributed by atoms with E-state index in [1.807, 2.05) is 0 Å². The SMILES string of the molecule is O=C(NN=Cc1ccc(OC(=O)c2ccc([N+](=O)[O-])cc2)cc1)c1ccc(F)cc1. The fourth-order valence-electron chi connectivity index (χ4n) is 2.34. The summed E-state index contributed by atoms with van der Waals surface area (Å²) in [4.78, 5) is 34.1. The highest BCUT2D eigenvalue weighted by molar-refractivity contribution is 5.95. The molecule has 3 aromatic carbocycles. The Morgan fingerprint density at radius 3 is 2.13 bits per heavy atom. The maximum Gasteiger partial charge on any atom is 0.343 e. The summed E-state index contributed by atoms with van der Waals surface area (Å²) in [6.07, 6.45) is 1.39. The van der Waals surface area contributed by atoms with Crippen LogP contribution in [0.3, 0.4) is 0 Å². The fourth-order valence-corrected chi connectivity index (χ4v) is 2.34. The predicted molar refractivity (Wildman–Crippen MR) is 106 cm³/mol. The van der Waals surface area contributed by atoms with Crippen LogP contribution >= 0.6 is 0 Å². The van der Waals surface area contributed by atoms with E-state index in [9.17, 15) is 24.1 Å². The van der Waals surface area contributed by atoms with Gasteiger partial charge in [0.2, 0.25) is 0 Å². The lowest BCUT2D eigenvalue weighted by atomic mass is 10.2. The van der Waals surface area contributed by atoms with Gasteiger partial charge in [-0.05, 0) is 66.2 Å². The molecule has 0 heterocycles. The second-order valence-electron chi connectivity index (χ2n) is 5.97. The van der Waals surface area contributed by atoms with E-state index < -0.39 is 22.6 Å². The van der Waals surface area contributed by atoms with Crippen molar-refractivity contribution < 1.29 is 23.6 Å². The minimum Gasteiger partial charge on any atom is -0.423 e. The van der Waals surface area contributed by atoms with E-state index in [0.29, 0.717) is 5.56 Å². The third kappa shape index (κ3) is 5.32. The molecule has 0 bridgehead atoms. The number of non-ortho nitro benzene ring substituents is 1. The van der Waals surface area contributed by atoms with Gasteiger partial charge in [-0.2, -0.15) is 5.10 Å². The first-order valence-corrected chi connectivity index (χ1v) is 8.58. The minimum atomic E-state index is -0.655. The van der Waals surface area contributed by atoms with E-state index in [1.54, 1.807) is 12.1 Å². The molecule has 8 nitrogen and oxygen atoms in total. The highest BCUT2D eigenvalue weighted by Gasteiger charge is 2.11. The number of halogens is 1. The highest BCUT2D eigenvalue weighted by Crippen LogP contribution is 2.16. The zero-order chi connectivity index (χ0) is 21.5. The number of hydrazone groups is 1. The highest BCUT2D eigenvalue weighted by atomic mass is 19.1. The molecule has 150 valence electrons. The Kier molecular flexibility index (Phi) is 6.23. The second-order valence-corrected chi connectivity index (χ2v) is 5.97. The van der Waals surface area contributed by atoms with E-state index in [4.69, 9.17) is 4.74 Å². The molecule has 0 aliphatic heterocycles. The molecule has 0 aromatic heterocycles. The quantitative estimate of drug-likeness (QED) is 0.220. The summed E-state index contributed by atoms with van der Waals surface area (Å²) in [5.74, 6) is -1.31. The summed E-state index contributed by atoms with van der Waals surface area (Å²) in [7, 11) is 0. The molecule has 0 fully saturated rings. The lowest BCUT2D eigenvalue weighted by Gasteiger charge is -2.04. The molecule has 1 amide bonds. The molecule has 0 saturated carbocycles. The molecule has 0 spiro atoms. The molecular formula is C21H14FN3O5. The predicted octanol–water partition coefficient (Wildman–Crippen LogP) is 3.72. The third-order valence-electron chi connectivity index (χ3n) is 3.89. The number of amides is 1. The lowest BCUT2D eigenvalue weighted by Crippen LogP contribution is -2.17. The zero-order valence-electron chi connectivity index (χ0n) is 15.3. The van der Waals surface area contributed by atoms with Crippen molar-refractivity contribution in [3.8, 4) is 5.75 Å². The van der Waals surface area contributed by atoms with Crippen LogP contribution in [0, 0.1) is 15.9 Å². The number of nitro groups is 1. The number of hydrogen-bond donors (Lipinski definition) is 1. The van der Waals surface area contributed by atoms with Crippen LogP contribution in [0.25, 0.3) is 0 Å². The number of rotatable bonds is 6. The maximum absolute atomic E-state index is 12.9. The van der Waals surface area contributed by atoms with Gasteiger partial charge in [-0.3, -0.25) is 14.9 Å². The first kappa shape index (κ1) is 20.3. The van der Waals surface area contributed by atoms with Gasteiger partial charge in [0.05, 0.1) is 16.7 Å². The number of nitrogens with one attached hydrogen (secondary N) is 1. The van der Waals surface area contributed by atoms with Gasteiger partial charge in [0.1, 0.15) is 11.6 Å². The van der Waals surface area contributed by atoms with E-state index in [1.165, 1.54) is 66.9 Å². The molecule has 1 N–H and O–H groups in total. The Labute approximate surface area is 169 Å². The Bertz CT molecular complexity index is 1090. The Hall–Kier alpha value is -4.40. The first-order chi connectivity index (χ1) is 14.4. The average molecular weight is 407 g/mol. The van der Waals surface area contributed by atoms with Gasteiger partial charge in [-0.15, -0.1) is 0 Å². The molecular weight excluding hydrogens is 393 g/mol. The Morgan fingerprint density at radius 2 is 1.53 bits per heavy atom. The van der Waals surface area contributed by atoms with Crippen LogP contribution < -0.4 is 10.2 Å². The molecule has 9 heteroatoms. The normalized spacial score (nSPS) is 10.6. The minimum absolute atomic E-state index is 0.123.